The van der Waals surface area contributed by atoms with Crippen molar-refractivity contribution < 1.29 is 12.3 Å². The predicted octanol–water partition coefficient (Wildman–Crippen LogP) is 1.73. The van der Waals surface area contributed by atoms with Crippen LogP contribution in [0.3, 0.4) is 0 Å². The number of halogens is 2. The zero-order valence-corrected chi connectivity index (χ0v) is 12.3. The van der Waals surface area contributed by atoms with Crippen molar-refractivity contribution in [1.29, 1.82) is 0 Å². The molecule has 1 heterocycles. The van der Waals surface area contributed by atoms with Gasteiger partial charge in [0.15, 0.2) is 0 Å². The number of nitrogens with zero attached hydrogens (tertiary/aromatic N) is 2. The van der Waals surface area contributed by atoms with Crippen LogP contribution in [0.4, 0.5) is 4.39 Å². The molecule has 6 nitrogen and oxygen atoms in total. The van der Waals surface area contributed by atoms with Crippen LogP contribution in [0.25, 0.3) is 0 Å². The van der Waals surface area contributed by atoms with Crippen LogP contribution in [0, 0.1) is 4.91 Å². The number of amides is 1. The lowest BCUT2D eigenvalue weighted by atomic mass is 10.0. The zero-order chi connectivity index (χ0) is 13.5. The van der Waals surface area contributed by atoms with Gasteiger partial charge in [0.1, 0.15) is 41.3 Å². The molecule has 0 aromatic carbocycles. The van der Waals surface area contributed by atoms with Crippen molar-refractivity contribution in [3.05, 3.63) is 4.91 Å². The smallest absolute Gasteiger partial charge is 0.246 e. The van der Waals surface area contributed by atoms with Gasteiger partial charge in [0.25, 0.3) is 0 Å². The Morgan fingerprint density at radius 3 is 2.94 bits per heavy atom. The third-order valence-corrected chi connectivity index (χ3v) is 3.65. The third kappa shape index (κ3) is 4.01. The number of nitroso groups, excluding NO2 is 1. The standard InChI is InChI=1S/C10H17FIN3O3/c1-2-3-8(13-14-17)10(16)15-5-4-9(18-12)7(11)6-15/h7-9H,2-6H2,1H3,(H,13,17)/t7-,8?,9+/m1/s1. The van der Waals surface area contributed by atoms with E-state index in [1.165, 1.54) is 4.90 Å². The summed E-state index contributed by atoms with van der Waals surface area (Å²) in [7, 11) is 0. The molecule has 1 rings (SSSR count). The van der Waals surface area contributed by atoms with E-state index in [0.29, 0.717) is 19.4 Å². The van der Waals surface area contributed by atoms with Crippen LogP contribution in [0.2, 0.25) is 0 Å². The van der Waals surface area contributed by atoms with E-state index in [1.807, 2.05) is 6.92 Å². The molecule has 0 bridgehead atoms. The van der Waals surface area contributed by atoms with Gasteiger partial charge in [-0.15, -0.1) is 4.91 Å². The molecule has 1 unspecified atom stereocenters. The quantitative estimate of drug-likeness (QED) is 0.437. The molecule has 1 aliphatic heterocycles. The van der Waals surface area contributed by atoms with E-state index in [1.54, 1.807) is 23.0 Å². The van der Waals surface area contributed by atoms with E-state index < -0.39 is 18.3 Å². The van der Waals surface area contributed by atoms with Gasteiger partial charge in [-0.25, -0.2) is 4.39 Å². The monoisotopic (exact) mass is 373 g/mol. The minimum Gasteiger partial charge on any atom is -0.338 e. The molecule has 1 fully saturated rings. The van der Waals surface area contributed by atoms with Crippen molar-refractivity contribution in [2.45, 2.75) is 44.5 Å². The predicted molar refractivity (Wildman–Crippen MR) is 72.6 cm³/mol. The van der Waals surface area contributed by atoms with Gasteiger partial charge in [0.05, 0.1) is 11.8 Å². The summed E-state index contributed by atoms with van der Waals surface area (Å²) >= 11 is 1.67. The maximum absolute atomic E-state index is 13.7. The van der Waals surface area contributed by atoms with Crippen molar-refractivity contribution in [2.24, 2.45) is 5.29 Å². The van der Waals surface area contributed by atoms with Crippen molar-refractivity contribution in [3.8, 4) is 0 Å². The fourth-order valence-corrected chi connectivity index (χ4v) is 2.57. The lowest BCUT2D eigenvalue weighted by Gasteiger charge is -2.34. The Hall–Kier alpha value is -0.510. The highest BCUT2D eigenvalue weighted by Gasteiger charge is 2.34. The molecule has 3 atom stereocenters. The second kappa shape index (κ2) is 7.82. The van der Waals surface area contributed by atoms with E-state index in [4.69, 9.17) is 3.07 Å². The van der Waals surface area contributed by atoms with E-state index in [0.717, 1.165) is 6.42 Å². The molecule has 1 amide bonds. The van der Waals surface area contributed by atoms with E-state index in [2.05, 4.69) is 10.7 Å². The number of carbonyl (C=O) groups is 1. The third-order valence-electron chi connectivity index (χ3n) is 2.99. The second-order valence-corrected chi connectivity index (χ2v) is 4.79. The Labute approximate surface area is 119 Å². The molecule has 18 heavy (non-hydrogen) atoms. The number of likely N-dealkylation sites (tertiary alicyclic amines) is 1. The number of piperidine rings is 1. The zero-order valence-electron chi connectivity index (χ0n) is 10.1. The summed E-state index contributed by atoms with van der Waals surface area (Å²) in [6.45, 7) is 2.35. The second-order valence-electron chi connectivity index (χ2n) is 4.28. The molecule has 0 saturated carbocycles. The molecule has 1 saturated heterocycles. The van der Waals surface area contributed by atoms with Crippen LogP contribution in [0.1, 0.15) is 26.2 Å². The summed E-state index contributed by atoms with van der Waals surface area (Å²) in [4.78, 5) is 23.7. The first-order chi connectivity index (χ1) is 8.63. The molecule has 1 aliphatic rings. The molecule has 104 valence electrons. The van der Waals surface area contributed by atoms with Crippen molar-refractivity contribution in [2.75, 3.05) is 13.1 Å². The molecule has 0 radical (unpaired) electrons. The maximum atomic E-state index is 13.7. The summed E-state index contributed by atoms with van der Waals surface area (Å²) in [6, 6.07) is -0.656. The fraction of sp³-hybridized carbons (Fsp3) is 0.900. The normalized spacial score (nSPS) is 25.6. The number of hydrogen-bond acceptors (Lipinski definition) is 4. The van der Waals surface area contributed by atoms with Crippen LogP contribution >= 0.6 is 23.0 Å². The van der Waals surface area contributed by atoms with Crippen molar-refractivity contribution in [1.82, 2.24) is 10.3 Å². The van der Waals surface area contributed by atoms with Gasteiger partial charge in [-0.3, -0.25) is 10.2 Å². The number of hydrogen-bond donors (Lipinski definition) is 1. The highest BCUT2D eigenvalue weighted by molar-refractivity contribution is 14.1. The largest absolute Gasteiger partial charge is 0.338 e. The Morgan fingerprint density at radius 2 is 2.44 bits per heavy atom. The van der Waals surface area contributed by atoms with Gasteiger partial charge in [-0.05, 0) is 12.8 Å². The molecule has 1 N–H and O–H groups in total. The Morgan fingerprint density at radius 1 is 1.72 bits per heavy atom. The number of nitrogens with one attached hydrogen (secondary N) is 1. The van der Waals surface area contributed by atoms with Gasteiger partial charge >= 0.3 is 0 Å². The van der Waals surface area contributed by atoms with Crippen LogP contribution in [0.15, 0.2) is 5.29 Å². The van der Waals surface area contributed by atoms with Crippen LogP contribution in [-0.4, -0.2) is 42.2 Å². The minimum atomic E-state index is -1.19. The number of carbonyl (C=O) groups excluding carboxylic acids is 1. The minimum absolute atomic E-state index is 0.00720. The average molecular weight is 373 g/mol. The van der Waals surface area contributed by atoms with E-state index in [-0.39, 0.29) is 12.5 Å². The molecule has 8 heteroatoms. The Balaban J connectivity index is 2.57. The lowest BCUT2D eigenvalue weighted by molar-refractivity contribution is -0.137. The molecule has 0 aromatic heterocycles. The van der Waals surface area contributed by atoms with Crippen LogP contribution < -0.4 is 5.43 Å². The molecular weight excluding hydrogens is 356 g/mol. The summed E-state index contributed by atoms with van der Waals surface area (Å²) in [5, 5.41) is 2.55. The average Bonchev–Trinajstić information content (AvgIpc) is 2.37. The highest BCUT2D eigenvalue weighted by Crippen LogP contribution is 2.20. The first-order valence-electron chi connectivity index (χ1n) is 5.92. The van der Waals surface area contributed by atoms with Crippen LogP contribution in [0.5, 0.6) is 0 Å². The summed E-state index contributed by atoms with van der Waals surface area (Å²) < 4.78 is 18.6. The molecule has 0 aliphatic carbocycles. The van der Waals surface area contributed by atoms with Gasteiger partial charge in [0, 0.05) is 6.54 Å². The number of alkyl halides is 1. The summed E-state index contributed by atoms with van der Waals surface area (Å²) in [6.07, 6.45) is 0.0566. The highest BCUT2D eigenvalue weighted by atomic mass is 127. The fourth-order valence-electron chi connectivity index (χ4n) is 2.00. The van der Waals surface area contributed by atoms with Gasteiger partial charge < -0.3 is 7.97 Å². The number of rotatable bonds is 6. The van der Waals surface area contributed by atoms with E-state index in [9.17, 15) is 14.1 Å². The lowest BCUT2D eigenvalue weighted by Crippen LogP contribution is -2.52. The molecule has 0 spiro atoms. The van der Waals surface area contributed by atoms with Gasteiger partial charge in [0.2, 0.25) is 5.91 Å². The Bertz CT molecular complexity index is 296. The summed E-state index contributed by atoms with van der Waals surface area (Å²) in [5.74, 6) is -0.272. The first kappa shape index (κ1) is 15.5. The maximum Gasteiger partial charge on any atom is 0.246 e. The Kier molecular flexibility index (Phi) is 6.76. The van der Waals surface area contributed by atoms with E-state index >= 15 is 0 Å². The first-order valence-corrected chi connectivity index (χ1v) is 6.80. The molecule has 0 aromatic rings. The molecular formula is C10H17FIN3O3. The summed E-state index contributed by atoms with van der Waals surface area (Å²) in [5.41, 5.74) is 2.24. The van der Waals surface area contributed by atoms with Crippen molar-refractivity contribution in [3.63, 3.8) is 0 Å². The van der Waals surface area contributed by atoms with Crippen molar-refractivity contribution >= 4 is 28.9 Å². The SMILES string of the molecule is CCCC(NN=O)C(=O)N1CC[C@H](OI)[C@H](F)C1. The topological polar surface area (TPSA) is 71.0 Å². The van der Waals surface area contributed by atoms with Gasteiger partial charge in [-0.1, -0.05) is 13.3 Å². The van der Waals surface area contributed by atoms with Gasteiger partial charge in [-0.2, -0.15) is 0 Å². The van der Waals surface area contributed by atoms with Crippen LogP contribution in [-0.2, 0) is 7.86 Å².